The van der Waals surface area contributed by atoms with E-state index in [1.807, 2.05) is 0 Å². The highest BCUT2D eigenvalue weighted by atomic mass is 32.2. The minimum atomic E-state index is -3.72. The first-order chi connectivity index (χ1) is 7.68. The van der Waals surface area contributed by atoms with E-state index in [1.165, 1.54) is 30.5 Å². The zero-order valence-corrected chi connectivity index (χ0v) is 10.8. The van der Waals surface area contributed by atoms with E-state index in [2.05, 4.69) is 9.12 Å². The molecule has 94 valence electrons. The van der Waals surface area contributed by atoms with Crippen molar-refractivity contribution < 1.29 is 12.8 Å². The quantitative estimate of drug-likeness (QED) is 0.841. The molecule has 1 rings (SSSR count). The van der Waals surface area contributed by atoms with Gasteiger partial charge in [-0.05, 0) is 38.5 Å². The van der Waals surface area contributed by atoms with Gasteiger partial charge in [-0.1, -0.05) is 12.1 Å². The number of rotatable bonds is 3. The number of benzene rings is 1. The third-order valence-corrected chi connectivity index (χ3v) is 2.90. The van der Waals surface area contributed by atoms with Crippen LogP contribution in [0.1, 0.15) is 26.3 Å². The second kappa shape index (κ2) is 4.93. The molecule has 0 atom stereocenters. The second-order valence-corrected chi connectivity index (χ2v) is 5.98. The van der Waals surface area contributed by atoms with Gasteiger partial charge >= 0.3 is 10.2 Å². The summed E-state index contributed by atoms with van der Waals surface area (Å²) in [7, 11) is -3.72. The highest BCUT2D eigenvalue weighted by molar-refractivity contribution is 7.88. The predicted molar refractivity (Wildman–Crippen MR) is 65.8 cm³/mol. The van der Waals surface area contributed by atoms with Crippen molar-refractivity contribution >= 4 is 16.4 Å². The maximum atomic E-state index is 12.6. The minimum absolute atomic E-state index is 0.377. The molecular formula is C11H15FN2O2S. The van der Waals surface area contributed by atoms with Crippen LogP contribution in [0.2, 0.25) is 0 Å². The van der Waals surface area contributed by atoms with Crippen LogP contribution in [0.4, 0.5) is 4.39 Å². The summed E-state index contributed by atoms with van der Waals surface area (Å²) in [5.74, 6) is -0.377. The summed E-state index contributed by atoms with van der Waals surface area (Å²) >= 11 is 0. The van der Waals surface area contributed by atoms with E-state index < -0.39 is 15.7 Å². The molecule has 0 amide bonds. The van der Waals surface area contributed by atoms with Gasteiger partial charge in [-0.15, -0.1) is 0 Å². The van der Waals surface area contributed by atoms with Gasteiger partial charge in [0.05, 0.1) is 0 Å². The topological polar surface area (TPSA) is 58.5 Å². The number of nitrogens with one attached hydrogen (secondary N) is 1. The molecule has 0 spiro atoms. The molecule has 0 aliphatic heterocycles. The fourth-order valence-corrected chi connectivity index (χ4v) is 2.18. The van der Waals surface area contributed by atoms with Gasteiger partial charge in [0.1, 0.15) is 5.82 Å². The van der Waals surface area contributed by atoms with E-state index in [0.29, 0.717) is 5.56 Å². The fraction of sp³-hybridized carbons (Fsp3) is 0.364. The normalized spacial score (nSPS) is 13.2. The number of hydrogen-bond acceptors (Lipinski definition) is 2. The summed E-state index contributed by atoms with van der Waals surface area (Å²) in [6.45, 7) is 5.16. The Hall–Kier alpha value is -1.27. The lowest BCUT2D eigenvalue weighted by molar-refractivity contribution is 0.492. The smallest absolute Gasteiger partial charge is 0.207 e. The molecule has 17 heavy (non-hydrogen) atoms. The molecule has 0 heterocycles. The van der Waals surface area contributed by atoms with E-state index in [-0.39, 0.29) is 5.82 Å². The van der Waals surface area contributed by atoms with Crippen LogP contribution in [-0.4, -0.2) is 20.2 Å². The SMILES string of the molecule is CC(C)(C)NS(=O)(=O)N=Cc1ccc(F)cc1. The van der Waals surface area contributed by atoms with Gasteiger partial charge in [0.25, 0.3) is 0 Å². The van der Waals surface area contributed by atoms with Crippen LogP contribution in [-0.2, 0) is 10.2 Å². The zero-order valence-electron chi connectivity index (χ0n) is 9.94. The van der Waals surface area contributed by atoms with Crippen LogP contribution in [0, 0.1) is 5.82 Å². The Balaban J connectivity index is 2.81. The highest BCUT2D eigenvalue weighted by Gasteiger charge is 2.17. The van der Waals surface area contributed by atoms with Crippen molar-refractivity contribution in [1.29, 1.82) is 0 Å². The molecule has 4 nitrogen and oxygen atoms in total. The molecule has 0 aliphatic carbocycles. The first-order valence-electron chi connectivity index (χ1n) is 5.03. The predicted octanol–water partition coefficient (Wildman–Crippen LogP) is 1.88. The molecule has 0 radical (unpaired) electrons. The van der Waals surface area contributed by atoms with E-state index in [1.54, 1.807) is 20.8 Å². The Morgan fingerprint density at radius 3 is 2.24 bits per heavy atom. The summed E-state index contributed by atoms with van der Waals surface area (Å²) in [5.41, 5.74) is -0.0652. The van der Waals surface area contributed by atoms with Crippen LogP contribution < -0.4 is 4.72 Å². The third-order valence-electron chi connectivity index (χ3n) is 1.65. The van der Waals surface area contributed by atoms with Crippen LogP contribution in [0.25, 0.3) is 0 Å². The zero-order chi connectivity index (χ0) is 13.1. The molecule has 1 N–H and O–H groups in total. The van der Waals surface area contributed by atoms with Crippen molar-refractivity contribution in [3.8, 4) is 0 Å². The van der Waals surface area contributed by atoms with Crippen molar-refractivity contribution in [2.45, 2.75) is 26.3 Å². The molecule has 1 aromatic carbocycles. The summed E-state index contributed by atoms with van der Waals surface area (Å²) in [6, 6.07) is 5.38. The Morgan fingerprint density at radius 1 is 1.24 bits per heavy atom. The van der Waals surface area contributed by atoms with Crippen LogP contribution in [0.5, 0.6) is 0 Å². The largest absolute Gasteiger partial charge is 0.320 e. The average Bonchev–Trinajstić information content (AvgIpc) is 2.13. The lowest BCUT2D eigenvalue weighted by Gasteiger charge is -2.17. The van der Waals surface area contributed by atoms with Crippen molar-refractivity contribution in [2.75, 3.05) is 0 Å². The van der Waals surface area contributed by atoms with Crippen molar-refractivity contribution in [2.24, 2.45) is 4.40 Å². The van der Waals surface area contributed by atoms with Gasteiger partial charge in [0, 0.05) is 11.8 Å². The van der Waals surface area contributed by atoms with Gasteiger partial charge in [-0.3, -0.25) is 0 Å². The molecule has 6 heteroatoms. The molecule has 0 unspecified atom stereocenters. The van der Waals surface area contributed by atoms with Gasteiger partial charge in [0.2, 0.25) is 0 Å². The maximum absolute atomic E-state index is 12.6. The van der Waals surface area contributed by atoms with E-state index in [4.69, 9.17) is 0 Å². The minimum Gasteiger partial charge on any atom is -0.207 e. The summed E-state index contributed by atoms with van der Waals surface area (Å²) in [5, 5.41) is 0. The average molecular weight is 258 g/mol. The molecule has 0 saturated heterocycles. The second-order valence-electron chi connectivity index (χ2n) is 4.61. The summed E-state index contributed by atoms with van der Waals surface area (Å²) < 4.78 is 41.4. The molecular weight excluding hydrogens is 243 g/mol. The molecule has 0 saturated carbocycles. The number of hydrogen-bond donors (Lipinski definition) is 1. The van der Waals surface area contributed by atoms with E-state index >= 15 is 0 Å². The standard InChI is InChI=1S/C11H15FN2O2S/c1-11(2,3)14-17(15,16)13-8-9-4-6-10(12)7-5-9/h4-8,14H,1-3H3. The Bertz CT molecular complexity index is 501. The number of nitrogens with zero attached hydrogens (tertiary/aromatic N) is 1. The van der Waals surface area contributed by atoms with Crippen LogP contribution in [0.3, 0.4) is 0 Å². The summed E-state index contributed by atoms with van der Waals surface area (Å²) in [4.78, 5) is 0. The Labute approximate surface area is 101 Å². The number of halogens is 1. The van der Waals surface area contributed by atoms with E-state index in [9.17, 15) is 12.8 Å². The lowest BCUT2D eigenvalue weighted by Crippen LogP contribution is -2.39. The van der Waals surface area contributed by atoms with Gasteiger partial charge in [-0.2, -0.15) is 17.5 Å². The molecule has 0 bridgehead atoms. The van der Waals surface area contributed by atoms with Gasteiger partial charge < -0.3 is 0 Å². The monoisotopic (exact) mass is 258 g/mol. The van der Waals surface area contributed by atoms with Crippen molar-refractivity contribution in [3.05, 3.63) is 35.6 Å². The van der Waals surface area contributed by atoms with Crippen LogP contribution in [0.15, 0.2) is 28.7 Å². The highest BCUT2D eigenvalue weighted by Crippen LogP contribution is 2.04. The van der Waals surface area contributed by atoms with Gasteiger partial charge in [0.15, 0.2) is 0 Å². The van der Waals surface area contributed by atoms with Crippen molar-refractivity contribution in [3.63, 3.8) is 0 Å². The third kappa shape index (κ3) is 5.55. The van der Waals surface area contributed by atoms with E-state index in [0.717, 1.165) is 0 Å². The van der Waals surface area contributed by atoms with Gasteiger partial charge in [-0.25, -0.2) is 4.39 Å². The molecule has 0 fully saturated rings. The fourth-order valence-electron chi connectivity index (χ4n) is 1.09. The molecule has 0 aromatic heterocycles. The first-order valence-corrected chi connectivity index (χ1v) is 6.47. The Kier molecular flexibility index (Phi) is 4.00. The van der Waals surface area contributed by atoms with Crippen molar-refractivity contribution in [1.82, 2.24) is 4.72 Å². The Morgan fingerprint density at radius 2 is 1.76 bits per heavy atom. The van der Waals surface area contributed by atoms with Crippen LogP contribution >= 0.6 is 0 Å². The first kappa shape index (κ1) is 13.8. The molecule has 0 aliphatic rings. The lowest BCUT2D eigenvalue weighted by atomic mass is 10.1. The summed E-state index contributed by atoms with van der Waals surface area (Å²) in [6.07, 6.45) is 1.17. The maximum Gasteiger partial charge on any atom is 0.320 e. The molecule has 1 aromatic rings.